The van der Waals surface area contributed by atoms with Crippen LogP contribution in [0.4, 0.5) is 5.69 Å². The molecule has 0 radical (unpaired) electrons. The SMILES string of the molecule is CN(CCCCCO)CC(O)Cn1cc(N)cn1. The third kappa shape index (κ3) is 6.00. The lowest BCUT2D eigenvalue weighted by molar-refractivity contribution is 0.105. The molecule has 0 bridgehead atoms. The van der Waals surface area contributed by atoms with Crippen LogP contribution in [0, 0.1) is 0 Å². The molecule has 1 unspecified atom stereocenters. The summed E-state index contributed by atoms with van der Waals surface area (Å²) in [4.78, 5) is 2.09. The molecule has 0 aliphatic carbocycles. The minimum absolute atomic E-state index is 0.257. The maximum atomic E-state index is 9.90. The summed E-state index contributed by atoms with van der Waals surface area (Å²) < 4.78 is 1.65. The van der Waals surface area contributed by atoms with E-state index in [2.05, 4.69) is 10.00 Å². The number of hydrogen-bond donors (Lipinski definition) is 3. The first-order valence-electron chi connectivity index (χ1n) is 6.37. The normalized spacial score (nSPS) is 13.1. The molecule has 1 atom stereocenters. The Kier molecular flexibility index (Phi) is 6.70. The van der Waals surface area contributed by atoms with Gasteiger partial charge in [-0.15, -0.1) is 0 Å². The maximum absolute atomic E-state index is 9.90. The van der Waals surface area contributed by atoms with Crippen LogP contribution in [-0.4, -0.2) is 57.7 Å². The summed E-state index contributed by atoms with van der Waals surface area (Å²) in [6, 6.07) is 0. The van der Waals surface area contributed by atoms with Gasteiger partial charge in [-0.1, -0.05) is 0 Å². The van der Waals surface area contributed by atoms with Gasteiger partial charge in [0.2, 0.25) is 0 Å². The molecular weight excluding hydrogens is 232 g/mol. The highest BCUT2D eigenvalue weighted by atomic mass is 16.3. The summed E-state index contributed by atoms with van der Waals surface area (Å²) in [5.74, 6) is 0. The van der Waals surface area contributed by atoms with Crippen molar-refractivity contribution in [1.82, 2.24) is 14.7 Å². The van der Waals surface area contributed by atoms with Crippen molar-refractivity contribution in [3.8, 4) is 0 Å². The van der Waals surface area contributed by atoms with Crippen molar-refractivity contribution in [3.63, 3.8) is 0 Å². The molecule has 6 heteroatoms. The van der Waals surface area contributed by atoms with Crippen LogP contribution in [0.3, 0.4) is 0 Å². The molecule has 0 spiro atoms. The minimum Gasteiger partial charge on any atom is -0.396 e. The van der Waals surface area contributed by atoms with E-state index >= 15 is 0 Å². The molecule has 0 aliphatic rings. The Morgan fingerprint density at radius 1 is 1.44 bits per heavy atom. The lowest BCUT2D eigenvalue weighted by Crippen LogP contribution is -2.32. The fourth-order valence-electron chi connectivity index (χ4n) is 1.87. The van der Waals surface area contributed by atoms with Crippen molar-refractivity contribution >= 4 is 5.69 Å². The Morgan fingerprint density at radius 3 is 2.83 bits per heavy atom. The summed E-state index contributed by atoms with van der Waals surface area (Å²) in [7, 11) is 1.99. The van der Waals surface area contributed by atoms with Gasteiger partial charge in [0.1, 0.15) is 0 Å². The molecule has 6 nitrogen and oxygen atoms in total. The largest absolute Gasteiger partial charge is 0.396 e. The monoisotopic (exact) mass is 256 g/mol. The number of anilines is 1. The lowest BCUT2D eigenvalue weighted by atomic mass is 10.2. The number of nitrogen functional groups attached to an aromatic ring is 1. The number of aliphatic hydroxyl groups is 2. The van der Waals surface area contributed by atoms with Crippen LogP contribution < -0.4 is 5.73 Å². The molecule has 0 aliphatic heterocycles. The van der Waals surface area contributed by atoms with E-state index < -0.39 is 6.10 Å². The number of nitrogens with zero attached hydrogens (tertiary/aromatic N) is 3. The fourth-order valence-corrected chi connectivity index (χ4v) is 1.87. The third-order valence-corrected chi connectivity index (χ3v) is 2.77. The van der Waals surface area contributed by atoms with Crippen molar-refractivity contribution in [2.75, 3.05) is 32.5 Å². The topological polar surface area (TPSA) is 87.5 Å². The highest BCUT2D eigenvalue weighted by molar-refractivity contribution is 5.30. The molecule has 104 valence electrons. The summed E-state index contributed by atoms with van der Waals surface area (Å²) >= 11 is 0. The van der Waals surface area contributed by atoms with Gasteiger partial charge in [0, 0.05) is 19.3 Å². The second kappa shape index (κ2) is 8.07. The van der Waals surface area contributed by atoms with Crippen LogP contribution in [0.25, 0.3) is 0 Å². The van der Waals surface area contributed by atoms with Gasteiger partial charge in [-0.2, -0.15) is 5.10 Å². The van der Waals surface area contributed by atoms with E-state index in [0.717, 1.165) is 25.8 Å². The zero-order chi connectivity index (χ0) is 13.4. The van der Waals surface area contributed by atoms with Gasteiger partial charge in [-0.25, -0.2) is 0 Å². The van der Waals surface area contributed by atoms with Crippen molar-refractivity contribution in [2.24, 2.45) is 0 Å². The quantitative estimate of drug-likeness (QED) is 0.538. The Balaban J connectivity index is 2.16. The highest BCUT2D eigenvalue weighted by Crippen LogP contribution is 2.02. The average molecular weight is 256 g/mol. The van der Waals surface area contributed by atoms with Gasteiger partial charge in [0.15, 0.2) is 0 Å². The highest BCUT2D eigenvalue weighted by Gasteiger charge is 2.09. The molecule has 4 N–H and O–H groups in total. The van der Waals surface area contributed by atoms with Crippen LogP contribution in [0.2, 0.25) is 0 Å². The van der Waals surface area contributed by atoms with E-state index in [4.69, 9.17) is 10.8 Å². The molecule has 0 fully saturated rings. The molecule has 1 aromatic heterocycles. The van der Waals surface area contributed by atoms with Crippen molar-refractivity contribution < 1.29 is 10.2 Å². The van der Waals surface area contributed by atoms with Gasteiger partial charge in [0.25, 0.3) is 0 Å². The second-order valence-corrected chi connectivity index (χ2v) is 4.70. The number of hydrogen-bond acceptors (Lipinski definition) is 5. The van der Waals surface area contributed by atoms with E-state index in [0.29, 0.717) is 18.8 Å². The zero-order valence-corrected chi connectivity index (χ0v) is 11.0. The molecule has 1 rings (SSSR count). The van der Waals surface area contributed by atoms with E-state index in [-0.39, 0.29) is 6.61 Å². The number of nitrogens with two attached hydrogens (primary N) is 1. The Hall–Kier alpha value is -1.11. The summed E-state index contributed by atoms with van der Waals surface area (Å²) in [6.07, 6.45) is 5.75. The van der Waals surface area contributed by atoms with Gasteiger partial charge in [-0.05, 0) is 32.9 Å². The fraction of sp³-hybridized carbons (Fsp3) is 0.750. The van der Waals surface area contributed by atoms with Crippen molar-refractivity contribution in [2.45, 2.75) is 31.9 Å². The predicted molar refractivity (Wildman–Crippen MR) is 71.1 cm³/mol. The zero-order valence-electron chi connectivity index (χ0n) is 11.0. The average Bonchev–Trinajstić information content (AvgIpc) is 2.70. The van der Waals surface area contributed by atoms with Crippen molar-refractivity contribution in [1.29, 1.82) is 0 Å². The summed E-state index contributed by atoms with van der Waals surface area (Å²) in [6.45, 7) is 2.25. The van der Waals surface area contributed by atoms with E-state index in [1.165, 1.54) is 0 Å². The molecule has 0 amide bonds. The third-order valence-electron chi connectivity index (χ3n) is 2.77. The minimum atomic E-state index is -0.452. The van der Waals surface area contributed by atoms with Crippen LogP contribution >= 0.6 is 0 Å². The van der Waals surface area contributed by atoms with E-state index in [9.17, 15) is 5.11 Å². The van der Waals surface area contributed by atoms with E-state index in [1.807, 2.05) is 7.05 Å². The van der Waals surface area contributed by atoms with Gasteiger partial charge in [-0.3, -0.25) is 4.68 Å². The number of unbranched alkanes of at least 4 members (excludes halogenated alkanes) is 2. The lowest BCUT2D eigenvalue weighted by Gasteiger charge is -2.20. The predicted octanol–water partition coefficient (Wildman–Crippen LogP) is -0.0794. The first kappa shape index (κ1) is 14.9. The molecule has 0 saturated heterocycles. The van der Waals surface area contributed by atoms with Gasteiger partial charge in [0.05, 0.1) is 24.5 Å². The number of aromatic nitrogens is 2. The summed E-state index contributed by atoms with van der Waals surface area (Å²) in [5, 5.41) is 22.6. The molecule has 18 heavy (non-hydrogen) atoms. The van der Waals surface area contributed by atoms with Crippen LogP contribution in [0.1, 0.15) is 19.3 Å². The van der Waals surface area contributed by atoms with Gasteiger partial charge >= 0.3 is 0 Å². The van der Waals surface area contributed by atoms with Crippen LogP contribution in [0.5, 0.6) is 0 Å². The number of likely N-dealkylation sites (N-methyl/N-ethyl adjacent to an activating group) is 1. The Bertz CT molecular complexity index is 330. The number of aliphatic hydroxyl groups excluding tert-OH is 2. The standard InChI is InChI=1S/C12H24N4O2/c1-15(5-3-2-4-6-17)9-12(18)10-16-8-11(13)7-14-16/h7-8,12,17-18H,2-6,9-10,13H2,1H3. The number of rotatable bonds is 9. The molecule has 0 aromatic carbocycles. The maximum Gasteiger partial charge on any atom is 0.0862 e. The smallest absolute Gasteiger partial charge is 0.0862 e. The molecule has 1 aromatic rings. The van der Waals surface area contributed by atoms with Gasteiger partial charge < -0.3 is 20.8 Å². The first-order valence-corrected chi connectivity index (χ1v) is 6.37. The van der Waals surface area contributed by atoms with Crippen molar-refractivity contribution in [3.05, 3.63) is 12.4 Å². The van der Waals surface area contributed by atoms with Crippen LogP contribution in [0.15, 0.2) is 12.4 Å². The Labute approximate surface area is 108 Å². The molecule has 0 saturated carbocycles. The first-order chi connectivity index (χ1) is 8.61. The Morgan fingerprint density at radius 2 is 2.22 bits per heavy atom. The molecular formula is C12H24N4O2. The second-order valence-electron chi connectivity index (χ2n) is 4.70. The van der Waals surface area contributed by atoms with E-state index in [1.54, 1.807) is 17.1 Å². The molecule has 1 heterocycles. The van der Waals surface area contributed by atoms with Crippen LogP contribution in [-0.2, 0) is 6.54 Å². The summed E-state index contributed by atoms with van der Waals surface area (Å²) in [5.41, 5.74) is 6.16.